The maximum Gasteiger partial charge on any atom is 0.261 e. The van der Waals surface area contributed by atoms with Gasteiger partial charge in [0.15, 0.2) is 0 Å². The molecule has 10 heteroatoms. The second-order valence-electron chi connectivity index (χ2n) is 16.4. The molecule has 11 atom stereocenters. The van der Waals surface area contributed by atoms with Gasteiger partial charge in [-0.3, -0.25) is 0 Å². The van der Waals surface area contributed by atoms with Gasteiger partial charge in [0.05, 0.1) is 12.1 Å². The SMILES string of the molecule is CCC(N)C1[C@H]2CC(O)C[C@@H]12.CCC(N[S+]([O-])C(C)(C)C)C1[C@H]2CC(O[Si](c3ccccc3)(c3ccccc3)C(C)(C)C)C[C@@H]12.CO.Cl.Cl. The lowest BCUT2D eigenvalue weighted by molar-refractivity contribution is 0.158. The summed E-state index contributed by atoms with van der Waals surface area (Å²) in [4.78, 5) is 0. The third-order valence-electron chi connectivity index (χ3n) is 11.4. The predicted molar refractivity (Wildman–Crippen MR) is 214 cm³/mol. The van der Waals surface area contributed by atoms with Gasteiger partial charge in [-0.15, -0.1) is 29.5 Å². The fourth-order valence-electron chi connectivity index (χ4n) is 8.99. The molecule has 0 amide bonds. The molecule has 0 radical (unpaired) electrons. The van der Waals surface area contributed by atoms with Crippen molar-refractivity contribution < 1.29 is 19.2 Å². The summed E-state index contributed by atoms with van der Waals surface area (Å²) < 4.78 is 23.4. The molecule has 0 heterocycles. The summed E-state index contributed by atoms with van der Waals surface area (Å²) in [5.74, 6) is 4.33. The van der Waals surface area contributed by atoms with Crippen molar-refractivity contribution in [2.45, 2.75) is 128 Å². The van der Waals surface area contributed by atoms with Gasteiger partial charge in [-0.25, -0.2) is 0 Å². The number of nitrogens with two attached hydrogens (primary N) is 1. The number of halogens is 2. The van der Waals surface area contributed by atoms with E-state index in [1.165, 1.54) is 10.4 Å². The van der Waals surface area contributed by atoms with Crippen LogP contribution in [0.3, 0.4) is 0 Å². The van der Waals surface area contributed by atoms with Crippen molar-refractivity contribution in [3.05, 3.63) is 60.7 Å². The number of rotatable bonds is 10. The van der Waals surface area contributed by atoms with E-state index in [1.54, 1.807) is 0 Å². The largest absolute Gasteiger partial charge is 0.598 e. The van der Waals surface area contributed by atoms with Crippen molar-refractivity contribution in [1.82, 2.24) is 4.72 Å². The molecule has 6 nitrogen and oxygen atoms in total. The van der Waals surface area contributed by atoms with Crippen LogP contribution in [0.25, 0.3) is 0 Å². The number of aliphatic hydroxyl groups is 2. The van der Waals surface area contributed by atoms with Gasteiger partial charge in [0.1, 0.15) is 4.75 Å². The molecule has 2 aromatic carbocycles. The van der Waals surface area contributed by atoms with E-state index in [4.69, 9.17) is 15.3 Å². The minimum atomic E-state index is -2.50. The first-order valence-corrected chi connectivity index (χ1v) is 21.1. The van der Waals surface area contributed by atoms with Gasteiger partial charge in [-0.2, -0.15) is 0 Å². The molecule has 0 saturated heterocycles. The summed E-state index contributed by atoms with van der Waals surface area (Å²) in [6.07, 6.45) is 6.69. The van der Waals surface area contributed by atoms with Gasteiger partial charge < -0.3 is 24.9 Å². The van der Waals surface area contributed by atoms with Crippen LogP contribution in [-0.2, 0) is 15.8 Å². The van der Waals surface area contributed by atoms with Crippen molar-refractivity contribution in [3.8, 4) is 0 Å². The first kappa shape index (κ1) is 44.5. The number of aliphatic hydroxyl groups excluding tert-OH is 2. The van der Waals surface area contributed by atoms with Crippen LogP contribution in [-0.4, -0.2) is 59.2 Å². The Hall–Kier alpha value is -0.653. The van der Waals surface area contributed by atoms with Crippen molar-refractivity contribution in [2.24, 2.45) is 41.2 Å². The lowest BCUT2D eigenvalue weighted by Crippen LogP contribution is -2.67. The molecular formula is C39H66Cl2N2O4SSi. The molecule has 0 aliphatic heterocycles. The van der Waals surface area contributed by atoms with Crippen LogP contribution in [0.4, 0.5) is 0 Å². The average Bonchev–Trinajstić information content (AvgIpc) is 3.77. The number of benzene rings is 2. The molecule has 5 N–H and O–H groups in total. The number of hydrogen-bond acceptors (Lipinski definition) is 6. The maximum atomic E-state index is 12.7. The van der Waals surface area contributed by atoms with E-state index in [2.05, 4.69) is 100 Å². The van der Waals surface area contributed by atoms with E-state index in [1.807, 2.05) is 20.8 Å². The van der Waals surface area contributed by atoms with Crippen LogP contribution in [0.15, 0.2) is 60.7 Å². The minimum Gasteiger partial charge on any atom is -0.598 e. The molecule has 7 unspecified atom stereocenters. The highest BCUT2D eigenvalue weighted by atomic mass is 35.5. The molecule has 49 heavy (non-hydrogen) atoms. The molecule has 0 bridgehead atoms. The quantitative estimate of drug-likeness (QED) is 0.161. The van der Waals surface area contributed by atoms with Crippen molar-refractivity contribution in [1.29, 1.82) is 0 Å². The zero-order valence-electron chi connectivity index (χ0n) is 31.3. The summed E-state index contributed by atoms with van der Waals surface area (Å²) in [7, 11) is -1.50. The predicted octanol–water partition coefficient (Wildman–Crippen LogP) is 6.61. The molecular weight excluding hydrogens is 691 g/mol. The Kier molecular flexibility index (Phi) is 16.7. The van der Waals surface area contributed by atoms with E-state index in [9.17, 15) is 9.66 Å². The lowest BCUT2D eigenvalue weighted by atomic mass is 10.0. The number of fused-ring (bicyclic) bond motifs is 2. The molecule has 6 rings (SSSR count). The molecule has 4 saturated carbocycles. The Bertz CT molecular complexity index is 1190. The van der Waals surface area contributed by atoms with E-state index in [0.717, 1.165) is 63.4 Å². The van der Waals surface area contributed by atoms with E-state index in [0.29, 0.717) is 35.9 Å². The fourth-order valence-corrected chi connectivity index (χ4v) is 14.7. The number of nitrogens with one attached hydrogen (secondary N) is 1. The first-order valence-electron chi connectivity index (χ1n) is 18.1. The third kappa shape index (κ3) is 9.86. The normalized spacial score (nSPS) is 30.0. The smallest absolute Gasteiger partial charge is 0.261 e. The summed E-state index contributed by atoms with van der Waals surface area (Å²) in [5.41, 5.74) is 5.93. The minimum absolute atomic E-state index is 0. The maximum absolute atomic E-state index is 12.7. The van der Waals surface area contributed by atoms with Crippen LogP contribution in [0.5, 0.6) is 0 Å². The Morgan fingerprint density at radius 3 is 1.59 bits per heavy atom. The Balaban J connectivity index is 0.000000467. The van der Waals surface area contributed by atoms with Crippen molar-refractivity contribution in [2.75, 3.05) is 7.11 Å². The second-order valence-corrected chi connectivity index (χ2v) is 22.6. The Morgan fingerprint density at radius 2 is 1.22 bits per heavy atom. The van der Waals surface area contributed by atoms with Crippen LogP contribution >= 0.6 is 24.8 Å². The lowest BCUT2D eigenvalue weighted by Gasteiger charge is -2.45. The fraction of sp³-hybridized carbons (Fsp3) is 0.692. The molecule has 4 aliphatic rings. The van der Waals surface area contributed by atoms with Gasteiger partial charge >= 0.3 is 0 Å². The Labute approximate surface area is 314 Å². The molecule has 280 valence electrons. The van der Waals surface area contributed by atoms with E-state index < -0.39 is 19.7 Å². The highest BCUT2D eigenvalue weighted by molar-refractivity contribution is 7.90. The summed E-state index contributed by atoms with van der Waals surface area (Å²) in [6.45, 7) is 17.6. The molecule has 4 fully saturated rings. The summed E-state index contributed by atoms with van der Waals surface area (Å²) in [6, 6.07) is 22.7. The first-order chi connectivity index (χ1) is 22.2. The third-order valence-corrected chi connectivity index (χ3v) is 18.1. The molecule has 0 spiro atoms. The van der Waals surface area contributed by atoms with Crippen molar-refractivity contribution >= 4 is 54.9 Å². The molecule has 4 aliphatic carbocycles. The zero-order chi connectivity index (χ0) is 34.7. The van der Waals surface area contributed by atoms with Gasteiger partial charge in [-0.1, -0.05) is 95.3 Å². The highest BCUT2D eigenvalue weighted by Crippen LogP contribution is 2.61. The monoisotopic (exact) mass is 756 g/mol. The molecule has 0 aromatic heterocycles. The summed E-state index contributed by atoms with van der Waals surface area (Å²) in [5, 5.41) is 19.0. The van der Waals surface area contributed by atoms with Gasteiger partial charge in [-0.05, 0) is 110 Å². The van der Waals surface area contributed by atoms with Crippen LogP contribution < -0.4 is 20.8 Å². The van der Waals surface area contributed by atoms with Crippen LogP contribution in [0.1, 0.15) is 93.9 Å². The topological polar surface area (TPSA) is 111 Å². The molecule has 2 aromatic rings. The van der Waals surface area contributed by atoms with Gasteiger partial charge in [0.2, 0.25) is 0 Å². The van der Waals surface area contributed by atoms with E-state index in [-0.39, 0.29) is 40.7 Å². The van der Waals surface area contributed by atoms with E-state index >= 15 is 0 Å². The Morgan fingerprint density at radius 1 is 0.796 bits per heavy atom. The van der Waals surface area contributed by atoms with Gasteiger partial charge in [0.25, 0.3) is 8.32 Å². The van der Waals surface area contributed by atoms with Gasteiger partial charge in [0, 0.05) is 30.6 Å². The zero-order valence-corrected chi connectivity index (χ0v) is 34.8. The second kappa shape index (κ2) is 18.4. The van der Waals surface area contributed by atoms with Crippen molar-refractivity contribution in [3.63, 3.8) is 0 Å². The summed E-state index contributed by atoms with van der Waals surface area (Å²) >= 11 is -1.02. The standard InChI is InChI=1S/C29H43NO2SSi.C9H17NO.CH4O.2ClH/c1-8-26(30-33(31)28(2,3)4)27-24-19-21(20-25(24)27)32-34(29(5,6)7,22-15-11-9-12-16-22)23-17-13-10-14-18-23;1-2-8(10)9-6-3-5(11)4-7(6)9;1-2;;/h9-18,21,24-27,30H,8,19-20H2,1-7H3;5-9,11H,2-4,10H2,1H3;2H,1H3;2*1H/t21?,24-,25+,26?,27?,33?;5?,6-,7+,8?,9?;;;. The number of hydrogen-bond donors (Lipinski definition) is 4. The van der Waals surface area contributed by atoms with Crippen LogP contribution in [0.2, 0.25) is 5.04 Å². The highest BCUT2D eigenvalue weighted by Gasteiger charge is 2.62. The average molecular weight is 758 g/mol. The van der Waals surface area contributed by atoms with Crippen LogP contribution in [0, 0.1) is 35.5 Å².